The normalized spacial score (nSPS) is 14.3. The number of carbonyl (C=O) groups is 1. The number of morpholine rings is 1. The minimum Gasteiger partial charge on any atom is -0.493 e. The monoisotopic (exact) mass is 373 g/mol. The Hall–Kier alpha value is -2.04. The predicted octanol–water partition coefficient (Wildman–Crippen LogP) is 4.66. The van der Waals surface area contributed by atoms with Crippen LogP contribution in [0.1, 0.15) is 30.1 Å². The van der Waals surface area contributed by atoms with Crippen molar-refractivity contribution < 1.29 is 14.3 Å². The van der Waals surface area contributed by atoms with Gasteiger partial charge in [-0.25, -0.2) is 0 Å². The Labute approximate surface area is 159 Å². The van der Waals surface area contributed by atoms with Gasteiger partial charge in [0.2, 0.25) is 0 Å². The number of hydrogen-bond donors (Lipinski definition) is 0. The first kappa shape index (κ1) is 18.7. The van der Waals surface area contributed by atoms with Gasteiger partial charge in [-0.15, -0.1) is 0 Å². The Bertz CT molecular complexity index is 739. The molecule has 0 radical (unpaired) electrons. The van der Waals surface area contributed by atoms with Crippen LogP contribution in [0, 0.1) is 0 Å². The van der Waals surface area contributed by atoms with Gasteiger partial charge in [-0.1, -0.05) is 37.1 Å². The fourth-order valence-electron chi connectivity index (χ4n) is 2.92. The van der Waals surface area contributed by atoms with Crippen molar-refractivity contribution in [3.63, 3.8) is 0 Å². The third kappa shape index (κ3) is 4.57. The molecule has 1 saturated heterocycles. The fourth-order valence-corrected chi connectivity index (χ4v) is 3.08. The van der Waals surface area contributed by atoms with Gasteiger partial charge in [-0.05, 0) is 42.3 Å². The molecule has 3 rings (SSSR count). The van der Waals surface area contributed by atoms with Gasteiger partial charge >= 0.3 is 0 Å². The largest absolute Gasteiger partial charge is 0.493 e. The quantitative estimate of drug-likeness (QED) is 0.691. The van der Waals surface area contributed by atoms with Crippen LogP contribution < -0.4 is 4.74 Å². The van der Waals surface area contributed by atoms with E-state index in [-0.39, 0.29) is 5.91 Å². The van der Waals surface area contributed by atoms with Gasteiger partial charge in [0.15, 0.2) is 0 Å². The molecule has 4 nitrogen and oxygen atoms in total. The maximum Gasteiger partial charge on any atom is 0.254 e. The maximum absolute atomic E-state index is 12.6. The molecule has 1 fully saturated rings. The summed E-state index contributed by atoms with van der Waals surface area (Å²) in [4.78, 5) is 14.4. The molecule has 1 heterocycles. The maximum atomic E-state index is 12.6. The summed E-state index contributed by atoms with van der Waals surface area (Å²) >= 11 is 6.13. The van der Waals surface area contributed by atoms with Crippen LogP contribution in [0.2, 0.25) is 5.02 Å². The van der Waals surface area contributed by atoms with Gasteiger partial charge in [-0.2, -0.15) is 0 Å². The van der Waals surface area contributed by atoms with E-state index in [4.69, 9.17) is 21.1 Å². The van der Waals surface area contributed by atoms with Gasteiger partial charge in [0.1, 0.15) is 5.75 Å². The zero-order valence-electron chi connectivity index (χ0n) is 15.0. The van der Waals surface area contributed by atoms with E-state index >= 15 is 0 Å². The van der Waals surface area contributed by atoms with Crippen LogP contribution in [0.4, 0.5) is 0 Å². The average Bonchev–Trinajstić information content (AvgIpc) is 2.69. The molecule has 0 atom stereocenters. The van der Waals surface area contributed by atoms with Crippen molar-refractivity contribution in [3.05, 3.63) is 53.1 Å². The minimum absolute atomic E-state index is 0.0513. The molecule has 5 heteroatoms. The Kier molecular flexibility index (Phi) is 6.53. The number of benzene rings is 2. The first-order chi connectivity index (χ1) is 12.7. The van der Waals surface area contributed by atoms with E-state index in [0.717, 1.165) is 29.7 Å². The molecule has 0 aliphatic carbocycles. The van der Waals surface area contributed by atoms with Crippen LogP contribution in [0.3, 0.4) is 0 Å². The first-order valence-corrected chi connectivity index (χ1v) is 9.46. The summed E-state index contributed by atoms with van der Waals surface area (Å²) in [5, 5.41) is 0.652. The third-order valence-electron chi connectivity index (χ3n) is 4.44. The lowest BCUT2D eigenvalue weighted by Crippen LogP contribution is -2.40. The van der Waals surface area contributed by atoms with Crippen LogP contribution in [0.25, 0.3) is 11.1 Å². The minimum atomic E-state index is 0.0513. The Balaban J connectivity index is 1.78. The lowest BCUT2D eigenvalue weighted by Gasteiger charge is -2.26. The summed E-state index contributed by atoms with van der Waals surface area (Å²) in [6.45, 7) is 5.30. The van der Waals surface area contributed by atoms with Crippen molar-refractivity contribution >= 4 is 17.5 Å². The second-order valence-electron chi connectivity index (χ2n) is 6.32. The van der Waals surface area contributed by atoms with Gasteiger partial charge in [-0.3, -0.25) is 4.79 Å². The average molecular weight is 374 g/mol. The van der Waals surface area contributed by atoms with E-state index in [9.17, 15) is 4.79 Å². The molecule has 138 valence electrons. The fraction of sp³-hybridized carbons (Fsp3) is 0.381. The predicted molar refractivity (Wildman–Crippen MR) is 104 cm³/mol. The standard InChI is InChI=1S/C21H24ClNO3/c1-2-3-12-26-20-15-18(22)8-9-19(20)16-4-6-17(7-5-16)21(24)23-10-13-25-14-11-23/h4-9,15H,2-3,10-14H2,1H3. The van der Waals surface area contributed by atoms with Crippen molar-refractivity contribution in [2.45, 2.75) is 19.8 Å². The highest BCUT2D eigenvalue weighted by Crippen LogP contribution is 2.33. The molecular weight excluding hydrogens is 350 g/mol. The molecule has 0 bridgehead atoms. The molecule has 26 heavy (non-hydrogen) atoms. The molecule has 0 aromatic heterocycles. The van der Waals surface area contributed by atoms with E-state index in [2.05, 4.69) is 6.92 Å². The van der Waals surface area contributed by atoms with Gasteiger partial charge in [0.25, 0.3) is 5.91 Å². The Morgan fingerprint density at radius 3 is 2.58 bits per heavy atom. The lowest BCUT2D eigenvalue weighted by atomic mass is 10.0. The van der Waals surface area contributed by atoms with Gasteiger partial charge < -0.3 is 14.4 Å². The highest BCUT2D eigenvalue weighted by molar-refractivity contribution is 6.30. The third-order valence-corrected chi connectivity index (χ3v) is 4.68. The molecule has 2 aromatic rings. The van der Waals surface area contributed by atoms with Crippen molar-refractivity contribution in [2.75, 3.05) is 32.9 Å². The van der Waals surface area contributed by atoms with Gasteiger partial charge in [0, 0.05) is 29.2 Å². The zero-order valence-corrected chi connectivity index (χ0v) is 15.8. The molecule has 0 saturated carbocycles. The molecule has 1 aliphatic heterocycles. The number of amides is 1. The molecule has 1 aliphatic rings. The highest BCUT2D eigenvalue weighted by atomic mass is 35.5. The lowest BCUT2D eigenvalue weighted by molar-refractivity contribution is 0.0303. The van der Waals surface area contributed by atoms with Crippen LogP contribution in [-0.4, -0.2) is 43.7 Å². The summed E-state index contributed by atoms with van der Waals surface area (Å²) in [5.74, 6) is 0.827. The summed E-state index contributed by atoms with van der Waals surface area (Å²) in [5.41, 5.74) is 2.68. The molecule has 0 spiro atoms. The molecule has 0 N–H and O–H groups in total. The van der Waals surface area contributed by atoms with Crippen LogP contribution >= 0.6 is 11.6 Å². The number of nitrogens with zero attached hydrogens (tertiary/aromatic N) is 1. The summed E-state index contributed by atoms with van der Waals surface area (Å²) in [6, 6.07) is 13.3. The van der Waals surface area contributed by atoms with E-state index in [1.54, 1.807) is 0 Å². The van der Waals surface area contributed by atoms with E-state index in [0.29, 0.717) is 43.5 Å². The SMILES string of the molecule is CCCCOc1cc(Cl)ccc1-c1ccc(C(=O)N2CCOCC2)cc1. The Morgan fingerprint density at radius 1 is 1.15 bits per heavy atom. The number of unbranched alkanes of at least 4 members (excludes halogenated alkanes) is 1. The second kappa shape index (κ2) is 9.06. The number of carbonyl (C=O) groups excluding carboxylic acids is 1. The molecule has 1 amide bonds. The number of rotatable bonds is 6. The van der Waals surface area contributed by atoms with E-state index in [1.807, 2.05) is 47.4 Å². The molecule has 2 aromatic carbocycles. The zero-order chi connectivity index (χ0) is 18.4. The van der Waals surface area contributed by atoms with Crippen LogP contribution in [-0.2, 0) is 4.74 Å². The van der Waals surface area contributed by atoms with E-state index < -0.39 is 0 Å². The molecule has 0 unspecified atom stereocenters. The van der Waals surface area contributed by atoms with Crippen LogP contribution in [0.5, 0.6) is 5.75 Å². The van der Waals surface area contributed by atoms with Crippen molar-refractivity contribution in [2.24, 2.45) is 0 Å². The number of hydrogen-bond acceptors (Lipinski definition) is 3. The summed E-state index contributed by atoms with van der Waals surface area (Å²) < 4.78 is 11.2. The van der Waals surface area contributed by atoms with Crippen molar-refractivity contribution in [1.29, 1.82) is 0 Å². The topological polar surface area (TPSA) is 38.8 Å². The van der Waals surface area contributed by atoms with Gasteiger partial charge in [0.05, 0.1) is 19.8 Å². The number of ether oxygens (including phenoxy) is 2. The first-order valence-electron chi connectivity index (χ1n) is 9.09. The van der Waals surface area contributed by atoms with Crippen LogP contribution in [0.15, 0.2) is 42.5 Å². The Morgan fingerprint density at radius 2 is 1.88 bits per heavy atom. The highest BCUT2D eigenvalue weighted by Gasteiger charge is 2.18. The van der Waals surface area contributed by atoms with Crippen molar-refractivity contribution in [1.82, 2.24) is 4.90 Å². The second-order valence-corrected chi connectivity index (χ2v) is 6.76. The number of halogens is 1. The summed E-state index contributed by atoms with van der Waals surface area (Å²) in [7, 11) is 0. The van der Waals surface area contributed by atoms with E-state index in [1.165, 1.54) is 0 Å². The summed E-state index contributed by atoms with van der Waals surface area (Å²) in [6.07, 6.45) is 2.08. The smallest absolute Gasteiger partial charge is 0.254 e. The molecular formula is C21H24ClNO3. The van der Waals surface area contributed by atoms with Crippen molar-refractivity contribution in [3.8, 4) is 16.9 Å².